The van der Waals surface area contributed by atoms with Gasteiger partial charge in [0.05, 0.1) is 0 Å². The molecule has 106 valence electrons. The first-order valence-corrected chi connectivity index (χ1v) is 6.55. The van der Waals surface area contributed by atoms with E-state index in [0.29, 0.717) is 10.8 Å². The van der Waals surface area contributed by atoms with Crippen molar-refractivity contribution in [1.82, 2.24) is 10.6 Å². The van der Waals surface area contributed by atoms with E-state index >= 15 is 0 Å². The first-order valence-electron chi connectivity index (χ1n) is 6.55. The standard InChI is InChI=1S/C16H8N2O4/c19-13-9-6-2-4-7-3-1-5-8(10(7)9)11(13)12-14(20)17-16(22)18-15(12)21/h1-6H,(H2,17,18,20,21,22). The van der Waals surface area contributed by atoms with Crippen LogP contribution in [-0.2, 0) is 9.59 Å². The van der Waals surface area contributed by atoms with Crippen LogP contribution in [0.15, 0.2) is 41.2 Å². The molecule has 3 aromatic rings. The first kappa shape index (κ1) is 12.5. The van der Waals surface area contributed by atoms with Crippen molar-refractivity contribution in [3.63, 3.8) is 0 Å². The fourth-order valence-corrected chi connectivity index (χ4v) is 2.94. The Labute approximate surface area is 122 Å². The van der Waals surface area contributed by atoms with E-state index < -0.39 is 17.8 Å². The number of rotatable bonds is 0. The normalized spacial score (nSPS) is 15.5. The molecule has 0 spiro atoms. The molecule has 0 atom stereocenters. The first-order chi connectivity index (χ1) is 10.6. The Hall–Kier alpha value is -3.28. The van der Waals surface area contributed by atoms with E-state index in [9.17, 15) is 19.2 Å². The average Bonchev–Trinajstić information content (AvgIpc) is 2.75. The summed E-state index contributed by atoms with van der Waals surface area (Å²) in [6.45, 7) is 0. The summed E-state index contributed by atoms with van der Waals surface area (Å²) in [6.07, 6.45) is 0. The summed E-state index contributed by atoms with van der Waals surface area (Å²) < 4.78 is 0. The van der Waals surface area contributed by atoms with E-state index in [2.05, 4.69) is 0 Å². The Balaban J connectivity index is 2.28. The highest BCUT2D eigenvalue weighted by molar-refractivity contribution is 6.47. The van der Waals surface area contributed by atoms with Gasteiger partial charge in [-0.1, -0.05) is 36.4 Å². The second-order valence-corrected chi connectivity index (χ2v) is 5.03. The minimum Gasteiger partial charge on any atom is -0.289 e. The SMILES string of the molecule is O=C1NC(=O)C(=c2c(=O)c3cccc4cccc2c43)C(=O)N1. The lowest BCUT2D eigenvalue weighted by Crippen LogP contribution is -2.53. The van der Waals surface area contributed by atoms with Gasteiger partial charge in [-0.2, -0.15) is 0 Å². The number of barbiturate groups is 1. The molecule has 6 heteroatoms. The van der Waals surface area contributed by atoms with Crippen LogP contribution in [0.1, 0.15) is 0 Å². The largest absolute Gasteiger partial charge is 0.328 e. The molecule has 1 aliphatic rings. The second kappa shape index (κ2) is 4.11. The molecule has 4 rings (SSSR count). The quantitative estimate of drug-likeness (QED) is 0.611. The summed E-state index contributed by atoms with van der Waals surface area (Å²) in [4.78, 5) is 47.8. The molecule has 0 radical (unpaired) electrons. The highest BCUT2D eigenvalue weighted by atomic mass is 16.2. The van der Waals surface area contributed by atoms with Crippen molar-refractivity contribution in [2.75, 3.05) is 0 Å². The van der Waals surface area contributed by atoms with Gasteiger partial charge in [0.25, 0.3) is 11.8 Å². The molecule has 0 aliphatic carbocycles. The molecule has 1 saturated heterocycles. The molecule has 4 amide bonds. The zero-order valence-corrected chi connectivity index (χ0v) is 11.1. The van der Waals surface area contributed by atoms with Gasteiger partial charge in [-0.15, -0.1) is 0 Å². The van der Waals surface area contributed by atoms with E-state index in [-0.39, 0.29) is 16.2 Å². The highest BCUT2D eigenvalue weighted by Crippen LogP contribution is 2.23. The Bertz CT molecular complexity index is 1070. The molecule has 0 unspecified atom stereocenters. The van der Waals surface area contributed by atoms with Crippen molar-refractivity contribution >= 4 is 45.0 Å². The molecular weight excluding hydrogens is 284 g/mol. The maximum absolute atomic E-state index is 12.6. The topological polar surface area (TPSA) is 92.3 Å². The highest BCUT2D eigenvalue weighted by Gasteiger charge is 2.30. The number of hydrogen-bond donors (Lipinski definition) is 2. The number of carbonyl (C=O) groups excluding carboxylic acids is 3. The molecule has 1 aliphatic heterocycles. The van der Waals surface area contributed by atoms with Crippen LogP contribution in [0.25, 0.3) is 27.1 Å². The van der Waals surface area contributed by atoms with E-state index in [1.165, 1.54) is 0 Å². The minimum absolute atomic E-state index is 0.0364. The molecular formula is C16H8N2O4. The number of carbonyl (C=O) groups is 3. The number of amides is 4. The van der Waals surface area contributed by atoms with Crippen molar-refractivity contribution in [3.05, 3.63) is 51.8 Å². The van der Waals surface area contributed by atoms with Gasteiger partial charge in [-0.25, -0.2) is 4.79 Å². The third-order valence-electron chi connectivity index (χ3n) is 3.80. The Morgan fingerprint density at radius 1 is 0.727 bits per heavy atom. The number of urea groups is 1. The van der Waals surface area contributed by atoms with Crippen LogP contribution in [-0.4, -0.2) is 17.8 Å². The van der Waals surface area contributed by atoms with Crippen LogP contribution >= 0.6 is 0 Å². The van der Waals surface area contributed by atoms with E-state index in [1.54, 1.807) is 24.3 Å². The summed E-state index contributed by atoms with van der Waals surface area (Å²) in [7, 11) is 0. The summed E-state index contributed by atoms with van der Waals surface area (Å²) >= 11 is 0. The zero-order chi connectivity index (χ0) is 15.4. The predicted molar refractivity (Wildman–Crippen MR) is 79.2 cm³/mol. The number of hydrogen-bond acceptors (Lipinski definition) is 4. The molecule has 0 aromatic heterocycles. The maximum atomic E-state index is 12.6. The number of nitrogens with one attached hydrogen (secondary N) is 2. The molecule has 1 fully saturated rings. The lowest BCUT2D eigenvalue weighted by molar-refractivity contribution is -0.121. The van der Waals surface area contributed by atoms with E-state index in [1.807, 2.05) is 22.8 Å². The third kappa shape index (κ3) is 1.49. The van der Waals surface area contributed by atoms with Crippen LogP contribution in [0.4, 0.5) is 4.79 Å². The maximum Gasteiger partial charge on any atom is 0.328 e. The van der Waals surface area contributed by atoms with Crippen molar-refractivity contribution in [1.29, 1.82) is 0 Å². The van der Waals surface area contributed by atoms with Gasteiger partial charge in [-0.05, 0) is 10.8 Å². The van der Waals surface area contributed by atoms with Crippen molar-refractivity contribution in [3.8, 4) is 0 Å². The second-order valence-electron chi connectivity index (χ2n) is 5.03. The van der Waals surface area contributed by atoms with Crippen molar-refractivity contribution < 1.29 is 14.4 Å². The molecule has 6 nitrogen and oxygen atoms in total. The van der Waals surface area contributed by atoms with Gasteiger partial charge in [0, 0.05) is 16.0 Å². The summed E-state index contributed by atoms with van der Waals surface area (Å²) in [5.74, 6) is -1.72. The average molecular weight is 292 g/mol. The Kier molecular flexibility index (Phi) is 2.33. The predicted octanol–water partition coefficient (Wildman–Crippen LogP) is 0.0266. The van der Waals surface area contributed by atoms with Gasteiger partial charge in [0.2, 0.25) is 0 Å². The van der Waals surface area contributed by atoms with Gasteiger partial charge in [-0.3, -0.25) is 25.0 Å². The van der Waals surface area contributed by atoms with Crippen LogP contribution in [0.2, 0.25) is 0 Å². The van der Waals surface area contributed by atoms with Crippen LogP contribution in [0.5, 0.6) is 0 Å². The third-order valence-corrected chi connectivity index (χ3v) is 3.80. The molecule has 0 saturated carbocycles. The molecule has 0 bridgehead atoms. The van der Waals surface area contributed by atoms with Crippen LogP contribution in [0, 0.1) is 0 Å². The molecule has 2 N–H and O–H groups in total. The summed E-state index contributed by atoms with van der Waals surface area (Å²) in [5.41, 5.74) is -0.713. The number of imide groups is 2. The lowest BCUT2D eigenvalue weighted by Gasteiger charge is -2.13. The molecule has 22 heavy (non-hydrogen) atoms. The van der Waals surface area contributed by atoms with Gasteiger partial charge >= 0.3 is 6.03 Å². The lowest BCUT2D eigenvalue weighted by atomic mass is 10.1. The monoisotopic (exact) mass is 292 g/mol. The van der Waals surface area contributed by atoms with Crippen LogP contribution in [0.3, 0.4) is 0 Å². The van der Waals surface area contributed by atoms with Gasteiger partial charge in [0.1, 0.15) is 5.57 Å². The fourth-order valence-electron chi connectivity index (χ4n) is 2.94. The zero-order valence-electron chi connectivity index (χ0n) is 11.1. The number of benzene rings is 2. The fraction of sp³-hybridized carbons (Fsp3) is 0. The summed E-state index contributed by atoms with van der Waals surface area (Å²) in [5, 5.41) is 6.59. The molecule has 3 aromatic carbocycles. The van der Waals surface area contributed by atoms with Crippen molar-refractivity contribution in [2.45, 2.75) is 0 Å². The molecule has 1 heterocycles. The van der Waals surface area contributed by atoms with Gasteiger partial charge in [0.15, 0.2) is 5.43 Å². The Morgan fingerprint density at radius 3 is 1.95 bits per heavy atom. The summed E-state index contributed by atoms with van der Waals surface area (Å²) in [6, 6.07) is 9.67. The van der Waals surface area contributed by atoms with Crippen molar-refractivity contribution in [2.24, 2.45) is 0 Å². The van der Waals surface area contributed by atoms with Crippen LogP contribution < -0.4 is 21.3 Å². The van der Waals surface area contributed by atoms with E-state index in [0.717, 1.165) is 10.8 Å². The smallest absolute Gasteiger partial charge is 0.289 e. The minimum atomic E-state index is -0.888. The Morgan fingerprint density at radius 2 is 1.32 bits per heavy atom. The van der Waals surface area contributed by atoms with Gasteiger partial charge < -0.3 is 0 Å². The van der Waals surface area contributed by atoms with E-state index in [4.69, 9.17) is 0 Å².